The molecule has 2 atom stereocenters. The molecule has 124 valence electrons. The average molecular weight is 326 g/mol. The van der Waals surface area contributed by atoms with Gasteiger partial charge in [-0.05, 0) is 26.0 Å². The van der Waals surface area contributed by atoms with Crippen LogP contribution in [-0.4, -0.2) is 23.4 Å². The summed E-state index contributed by atoms with van der Waals surface area (Å²) < 4.78 is 24.4. The molecule has 0 heterocycles. The zero-order valence-electron chi connectivity index (χ0n) is 14.3. The number of carbonyl (C=O) groups excluding carboxylic acids is 1. The second-order valence-electron chi connectivity index (χ2n) is 6.82. The summed E-state index contributed by atoms with van der Waals surface area (Å²) in [5, 5.41) is -0.560. The topological polar surface area (TPSA) is 52.6 Å². The van der Waals surface area contributed by atoms with Gasteiger partial charge in [-0.25, -0.2) is 0 Å². The molecule has 1 rings (SSSR count). The van der Waals surface area contributed by atoms with Crippen LogP contribution in [0.5, 0.6) is 5.75 Å². The van der Waals surface area contributed by atoms with Crippen LogP contribution in [0.2, 0.25) is 0 Å². The Morgan fingerprint density at radius 3 is 2.14 bits per heavy atom. The summed E-state index contributed by atoms with van der Waals surface area (Å²) >= 11 is 0. The Balaban J connectivity index is 2.94. The number of rotatable bonds is 6. The number of hydrogen-bond acceptors (Lipinski definition) is 4. The first-order valence-electron chi connectivity index (χ1n) is 7.59. The van der Waals surface area contributed by atoms with Gasteiger partial charge >= 0.3 is 5.97 Å². The van der Waals surface area contributed by atoms with E-state index in [-0.39, 0.29) is 18.2 Å². The van der Waals surface area contributed by atoms with Crippen LogP contribution >= 0.6 is 7.37 Å². The zero-order chi connectivity index (χ0) is 17.0. The molecule has 22 heavy (non-hydrogen) atoms. The lowest BCUT2D eigenvalue weighted by Crippen LogP contribution is -2.28. The quantitative estimate of drug-likeness (QED) is 0.560. The van der Waals surface area contributed by atoms with Crippen LogP contribution in [-0.2, 0) is 14.1 Å². The predicted molar refractivity (Wildman–Crippen MR) is 89.7 cm³/mol. The number of para-hydroxylation sites is 1. The van der Waals surface area contributed by atoms with Gasteiger partial charge in [0.05, 0.1) is 12.0 Å². The van der Waals surface area contributed by atoms with Gasteiger partial charge in [0, 0.05) is 11.3 Å². The summed E-state index contributed by atoms with van der Waals surface area (Å²) in [5.41, 5.74) is 0. The van der Waals surface area contributed by atoms with E-state index < -0.39 is 18.4 Å². The maximum Gasteiger partial charge on any atom is 0.309 e. The molecule has 4 nitrogen and oxygen atoms in total. The maximum atomic E-state index is 13.4. The van der Waals surface area contributed by atoms with Gasteiger partial charge < -0.3 is 9.26 Å². The standard InChI is InChI=1S/C17H27O4P/c1-13(2)20-16(18)14(3)12-22(19,17(4,5)6)21-15-10-8-7-9-11-15/h7-11,13-14H,12H2,1-6H3/t14-,22+/m1/s1. The largest absolute Gasteiger partial charge is 0.463 e. The van der Waals surface area contributed by atoms with Crippen molar-refractivity contribution in [2.24, 2.45) is 5.92 Å². The highest BCUT2D eigenvalue weighted by atomic mass is 31.2. The van der Waals surface area contributed by atoms with E-state index in [1.807, 2.05) is 39.0 Å². The van der Waals surface area contributed by atoms with E-state index in [9.17, 15) is 9.36 Å². The van der Waals surface area contributed by atoms with Crippen LogP contribution in [0, 0.1) is 5.92 Å². The summed E-state index contributed by atoms with van der Waals surface area (Å²) in [7, 11) is -3.08. The van der Waals surface area contributed by atoms with Crippen molar-refractivity contribution in [1.29, 1.82) is 0 Å². The number of benzene rings is 1. The van der Waals surface area contributed by atoms with Crippen molar-refractivity contribution in [1.82, 2.24) is 0 Å². The van der Waals surface area contributed by atoms with Gasteiger partial charge in [-0.3, -0.25) is 9.36 Å². The molecule has 0 bridgehead atoms. The Morgan fingerprint density at radius 1 is 1.14 bits per heavy atom. The Hall–Kier alpha value is -1.28. The van der Waals surface area contributed by atoms with Gasteiger partial charge in [-0.2, -0.15) is 0 Å². The van der Waals surface area contributed by atoms with E-state index in [1.165, 1.54) is 0 Å². The predicted octanol–water partition coefficient (Wildman–Crippen LogP) is 4.73. The molecule has 5 heteroatoms. The Kier molecular flexibility index (Phi) is 6.25. The van der Waals surface area contributed by atoms with Crippen molar-refractivity contribution in [2.45, 2.75) is 52.8 Å². The first-order valence-corrected chi connectivity index (χ1v) is 9.40. The highest BCUT2D eigenvalue weighted by Crippen LogP contribution is 2.59. The summed E-state index contributed by atoms with van der Waals surface area (Å²) in [4.78, 5) is 12.0. The highest BCUT2D eigenvalue weighted by Gasteiger charge is 2.42. The van der Waals surface area contributed by atoms with Crippen LogP contribution in [0.4, 0.5) is 0 Å². The molecule has 0 saturated heterocycles. The SMILES string of the molecule is CC(C)OC(=O)[C@H](C)C[P@](=O)(Oc1ccccc1)C(C)(C)C. The molecule has 0 radical (unpaired) electrons. The van der Waals surface area contributed by atoms with Crippen molar-refractivity contribution < 1.29 is 18.6 Å². The fraction of sp³-hybridized carbons (Fsp3) is 0.588. The molecule has 0 spiro atoms. The molecular weight excluding hydrogens is 299 g/mol. The lowest BCUT2D eigenvalue weighted by Gasteiger charge is -2.32. The van der Waals surface area contributed by atoms with Gasteiger partial charge in [-0.1, -0.05) is 45.9 Å². The first-order chi connectivity index (χ1) is 10.0. The summed E-state index contributed by atoms with van der Waals surface area (Å²) in [6, 6.07) is 9.08. The minimum Gasteiger partial charge on any atom is -0.463 e. The van der Waals surface area contributed by atoms with Gasteiger partial charge in [0.2, 0.25) is 0 Å². The fourth-order valence-electron chi connectivity index (χ4n) is 1.88. The second kappa shape index (κ2) is 7.32. The molecule has 0 amide bonds. The second-order valence-corrected chi connectivity index (χ2v) is 10.1. The van der Waals surface area contributed by atoms with Crippen molar-refractivity contribution in [3.8, 4) is 5.75 Å². The molecular formula is C17H27O4P. The molecule has 0 aromatic heterocycles. The van der Waals surface area contributed by atoms with E-state index in [0.717, 1.165) is 0 Å². The third-order valence-electron chi connectivity index (χ3n) is 3.29. The van der Waals surface area contributed by atoms with Crippen LogP contribution in [0.15, 0.2) is 30.3 Å². The van der Waals surface area contributed by atoms with Crippen molar-refractivity contribution >= 4 is 13.3 Å². The lowest BCUT2D eigenvalue weighted by molar-refractivity contribution is -0.151. The van der Waals surface area contributed by atoms with Gasteiger partial charge in [0.1, 0.15) is 5.75 Å². The Bertz CT molecular complexity index is 531. The van der Waals surface area contributed by atoms with Gasteiger partial charge in [-0.15, -0.1) is 0 Å². The van der Waals surface area contributed by atoms with Crippen LogP contribution in [0.1, 0.15) is 41.5 Å². The number of esters is 1. The molecule has 1 aromatic carbocycles. The van der Waals surface area contributed by atoms with E-state index in [1.54, 1.807) is 32.9 Å². The van der Waals surface area contributed by atoms with E-state index in [4.69, 9.17) is 9.26 Å². The van der Waals surface area contributed by atoms with Crippen LogP contribution < -0.4 is 4.52 Å². The maximum absolute atomic E-state index is 13.4. The smallest absolute Gasteiger partial charge is 0.309 e. The van der Waals surface area contributed by atoms with Crippen molar-refractivity contribution in [3.63, 3.8) is 0 Å². The van der Waals surface area contributed by atoms with Gasteiger partial charge in [0.25, 0.3) is 7.37 Å². The molecule has 1 aromatic rings. The lowest BCUT2D eigenvalue weighted by atomic mass is 10.2. The molecule has 0 aliphatic carbocycles. The van der Waals surface area contributed by atoms with E-state index in [2.05, 4.69) is 0 Å². The Morgan fingerprint density at radius 2 is 1.68 bits per heavy atom. The minimum absolute atomic E-state index is 0.164. The number of hydrogen-bond donors (Lipinski definition) is 0. The molecule has 0 aliphatic rings. The molecule has 0 unspecified atom stereocenters. The first kappa shape index (κ1) is 18.8. The van der Waals surface area contributed by atoms with Crippen LogP contribution in [0.3, 0.4) is 0 Å². The number of carbonyl (C=O) groups is 1. The summed E-state index contributed by atoms with van der Waals surface area (Å²) in [5.74, 6) is -0.252. The molecule has 0 fully saturated rings. The Labute approximate surface area is 133 Å². The minimum atomic E-state index is -3.08. The van der Waals surface area contributed by atoms with E-state index >= 15 is 0 Å². The number of ether oxygens (including phenoxy) is 1. The summed E-state index contributed by atoms with van der Waals surface area (Å²) in [6.45, 7) is 11.0. The summed E-state index contributed by atoms with van der Waals surface area (Å²) in [6.07, 6.45) is -0.0178. The normalized spacial score (nSPS) is 16.0. The molecule has 0 saturated carbocycles. The molecule has 0 N–H and O–H groups in total. The fourth-order valence-corrected chi connectivity index (χ4v) is 4.11. The van der Waals surface area contributed by atoms with Gasteiger partial charge in [0.15, 0.2) is 0 Å². The third kappa shape index (κ3) is 5.17. The third-order valence-corrected chi connectivity index (χ3v) is 6.86. The zero-order valence-corrected chi connectivity index (χ0v) is 15.2. The van der Waals surface area contributed by atoms with Crippen molar-refractivity contribution in [3.05, 3.63) is 30.3 Å². The van der Waals surface area contributed by atoms with Crippen LogP contribution in [0.25, 0.3) is 0 Å². The van der Waals surface area contributed by atoms with Crippen molar-refractivity contribution in [2.75, 3.05) is 6.16 Å². The molecule has 0 aliphatic heterocycles. The highest BCUT2D eigenvalue weighted by molar-refractivity contribution is 7.61. The monoisotopic (exact) mass is 326 g/mol. The average Bonchev–Trinajstić information content (AvgIpc) is 2.37. The van der Waals surface area contributed by atoms with E-state index in [0.29, 0.717) is 5.75 Å².